The first-order valence-corrected chi connectivity index (χ1v) is 9.00. The standard InChI is InChI=1S/C21H22N2O5/c1-12(2)11-21(28,20(26)27)19(25)23-17-15-9-4-3-7-13(15)14-8-5-6-10-16(14)22-18(17)24/h3-10,12,17,28H,11H2,1-2H3,(H,22,24)(H,23,25)(H,26,27)/t17-,21+/m0/s1. The Kier molecular flexibility index (Phi) is 5.20. The van der Waals surface area contributed by atoms with Crippen LogP contribution in [0.2, 0.25) is 0 Å². The summed E-state index contributed by atoms with van der Waals surface area (Å²) < 4.78 is 0. The molecule has 0 unspecified atom stereocenters. The average molecular weight is 382 g/mol. The van der Waals surface area contributed by atoms with E-state index in [0.29, 0.717) is 11.3 Å². The van der Waals surface area contributed by atoms with E-state index in [4.69, 9.17) is 0 Å². The molecule has 2 aromatic carbocycles. The summed E-state index contributed by atoms with van der Waals surface area (Å²) in [4.78, 5) is 37.2. The van der Waals surface area contributed by atoms with Gasteiger partial charge in [-0.15, -0.1) is 0 Å². The van der Waals surface area contributed by atoms with E-state index in [0.717, 1.165) is 11.1 Å². The van der Waals surface area contributed by atoms with E-state index in [9.17, 15) is 24.6 Å². The number of hydrogen-bond acceptors (Lipinski definition) is 4. The number of hydrogen-bond donors (Lipinski definition) is 4. The lowest BCUT2D eigenvalue weighted by Gasteiger charge is -2.27. The summed E-state index contributed by atoms with van der Waals surface area (Å²) in [5.74, 6) is -3.52. The molecule has 2 amide bonds. The van der Waals surface area contributed by atoms with Crippen molar-refractivity contribution >= 4 is 23.5 Å². The van der Waals surface area contributed by atoms with Gasteiger partial charge in [-0.25, -0.2) is 4.79 Å². The van der Waals surface area contributed by atoms with Crippen LogP contribution in [-0.4, -0.2) is 33.6 Å². The van der Waals surface area contributed by atoms with Crippen LogP contribution in [0.3, 0.4) is 0 Å². The predicted molar refractivity (Wildman–Crippen MR) is 103 cm³/mol. The molecule has 0 aliphatic carbocycles. The van der Waals surface area contributed by atoms with Crippen molar-refractivity contribution in [3.8, 4) is 11.1 Å². The second-order valence-corrected chi connectivity index (χ2v) is 7.29. The van der Waals surface area contributed by atoms with E-state index in [1.165, 1.54) is 0 Å². The molecule has 0 bridgehead atoms. The number of carboxylic acid groups (broad SMARTS) is 1. The minimum Gasteiger partial charge on any atom is -0.479 e. The molecule has 7 nitrogen and oxygen atoms in total. The quantitative estimate of drug-likeness (QED) is 0.593. The maximum Gasteiger partial charge on any atom is 0.345 e. The highest BCUT2D eigenvalue weighted by molar-refractivity contribution is 6.09. The molecule has 4 N–H and O–H groups in total. The molecule has 2 aromatic rings. The number of nitrogens with one attached hydrogen (secondary N) is 2. The molecule has 0 aromatic heterocycles. The number of para-hydroxylation sites is 1. The topological polar surface area (TPSA) is 116 Å². The lowest BCUT2D eigenvalue weighted by molar-refractivity contribution is -0.168. The summed E-state index contributed by atoms with van der Waals surface area (Å²) in [5, 5.41) is 25.1. The van der Waals surface area contributed by atoms with Gasteiger partial charge < -0.3 is 20.8 Å². The Morgan fingerprint density at radius 3 is 2.36 bits per heavy atom. The number of anilines is 1. The minimum absolute atomic E-state index is 0.244. The Labute approximate surface area is 162 Å². The molecule has 1 aliphatic heterocycles. The number of fused-ring (bicyclic) bond motifs is 3. The molecule has 1 heterocycles. The van der Waals surface area contributed by atoms with E-state index in [-0.39, 0.29) is 12.3 Å². The fourth-order valence-corrected chi connectivity index (χ4v) is 3.43. The van der Waals surface area contributed by atoms with Crippen LogP contribution in [0.25, 0.3) is 11.1 Å². The van der Waals surface area contributed by atoms with Gasteiger partial charge in [-0.3, -0.25) is 9.59 Å². The summed E-state index contributed by atoms with van der Waals surface area (Å²) in [6.45, 7) is 3.40. The van der Waals surface area contributed by atoms with E-state index in [1.54, 1.807) is 38.1 Å². The third kappa shape index (κ3) is 3.48. The van der Waals surface area contributed by atoms with Crippen LogP contribution in [-0.2, 0) is 14.4 Å². The summed E-state index contributed by atoms with van der Waals surface area (Å²) >= 11 is 0. The van der Waals surface area contributed by atoms with E-state index >= 15 is 0 Å². The van der Waals surface area contributed by atoms with Crippen molar-refractivity contribution in [3.05, 3.63) is 54.1 Å². The highest BCUT2D eigenvalue weighted by Crippen LogP contribution is 2.37. The van der Waals surface area contributed by atoms with Crippen molar-refractivity contribution in [2.45, 2.75) is 31.9 Å². The number of aliphatic carboxylic acids is 1. The molecule has 0 fully saturated rings. The number of carboxylic acids is 1. The van der Waals surface area contributed by atoms with Crippen molar-refractivity contribution in [2.75, 3.05) is 5.32 Å². The molecule has 7 heteroatoms. The fourth-order valence-electron chi connectivity index (χ4n) is 3.43. The normalized spacial score (nSPS) is 17.6. The van der Waals surface area contributed by atoms with Gasteiger partial charge in [0, 0.05) is 11.3 Å². The van der Waals surface area contributed by atoms with Crippen LogP contribution < -0.4 is 10.6 Å². The van der Waals surface area contributed by atoms with Gasteiger partial charge in [0.1, 0.15) is 6.04 Å². The minimum atomic E-state index is -2.62. The number of aliphatic hydroxyl groups is 1. The Hall–Kier alpha value is -3.19. The van der Waals surface area contributed by atoms with Gasteiger partial charge in [0.05, 0.1) is 0 Å². The second-order valence-electron chi connectivity index (χ2n) is 7.29. The largest absolute Gasteiger partial charge is 0.479 e. The molecule has 0 saturated heterocycles. The second kappa shape index (κ2) is 7.44. The van der Waals surface area contributed by atoms with Crippen molar-refractivity contribution < 1.29 is 24.6 Å². The zero-order chi connectivity index (χ0) is 20.5. The van der Waals surface area contributed by atoms with Crippen molar-refractivity contribution in [1.29, 1.82) is 0 Å². The van der Waals surface area contributed by atoms with Gasteiger partial charge in [-0.05, 0) is 29.5 Å². The maximum absolute atomic E-state index is 12.8. The van der Waals surface area contributed by atoms with Gasteiger partial charge in [-0.2, -0.15) is 0 Å². The molecule has 1 aliphatic rings. The van der Waals surface area contributed by atoms with Gasteiger partial charge in [0.15, 0.2) is 0 Å². The van der Waals surface area contributed by atoms with Gasteiger partial charge in [-0.1, -0.05) is 56.3 Å². The molecule has 3 rings (SSSR count). The molecule has 2 atom stereocenters. The lowest BCUT2D eigenvalue weighted by atomic mass is 9.90. The lowest BCUT2D eigenvalue weighted by Crippen LogP contribution is -2.55. The van der Waals surface area contributed by atoms with Crippen molar-refractivity contribution in [3.63, 3.8) is 0 Å². The number of carbonyl (C=O) groups is 3. The third-order valence-electron chi connectivity index (χ3n) is 4.72. The van der Waals surface area contributed by atoms with Crippen LogP contribution in [0.1, 0.15) is 31.9 Å². The Bertz CT molecular complexity index is 940. The predicted octanol–water partition coefficient (Wildman–Crippen LogP) is 2.32. The van der Waals surface area contributed by atoms with Crippen LogP contribution in [0, 0.1) is 5.92 Å². The summed E-state index contributed by atoms with van der Waals surface area (Å²) in [6, 6.07) is 13.2. The number of amides is 2. The van der Waals surface area contributed by atoms with E-state index in [2.05, 4.69) is 10.6 Å². The number of benzene rings is 2. The summed E-state index contributed by atoms with van der Waals surface area (Å²) in [7, 11) is 0. The highest BCUT2D eigenvalue weighted by Gasteiger charge is 2.46. The molecule has 0 saturated carbocycles. The molecular formula is C21H22N2O5. The monoisotopic (exact) mass is 382 g/mol. The van der Waals surface area contributed by atoms with Crippen LogP contribution in [0.4, 0.5) is 5.69 Å². The zero-order valence-electron chi connectivity index (χ0n) is 15.6. The Morgan fingerprint density at radius 2 is 1.71 bits per heavy atom. The Morgan fingerprint density at radius 1 is 1.11 bits per heavy atom. The molecular weight excluding hydrogens is 360 g/mol. The molecule has 0 spiro atoms. The van der Waals surface area contributed by atoms with Gasteiger partial charge in [0.2, 0.25) is 5.60 Å². The fraction of sp³-hybridized carbons (Fsp3) is 0.286. The first-order chi connectivity index (χ1) is 13.2. The summed E-state index contributed by atoms with van der Waals surface area (Å²) in [5.41, 5.74) is 0.0223. The van der Waals surface area contributed by atoms with E-state index < -0.39 is 29.4 Å². The van der Waals surface area contributed by atoms with E-state index in [1.807, 2.05) is 24.3 Å². The van der Waals surface area contributed by atoms with Crippen LogP contribution >= 0.6 is 0 Å². The SMILES string of the molecule is CC(C)C[C@](O)(C(=O)O)C(=O)N[C@@H]1C(=O)Nc2ccccc2-c2ccccc21. The van der Waals surface area contributed by atoms with Crippen molar-refractivity contribution in [1.82, 2.24) is 5.32 Å². The summed E-state index contributed by atoms with van der Waals surface area (Å²) in [6.07, 6.45) is -0.273. The van der Waals surface area contributed by atoms with Gasteiger partial charge in [0.25, 0.3) is 11.8 Å². The van der Waals surface area contributed by atoms with Gasteiger partial charge >= 0.3 is 5.97 Å². The number of carbonyl (C=O) groups excluding carboxylic acids is 2. The number of rotatable bonds is 5. The van der Waals surface area contributed by atoms with Crippen LogP contribution in [0.5, 0.6) is 0 Å². The first-order valence-electron chi connectivity index (χ1n) is 9.00. The molecule has 28 heavy (non-hydrogen) atoms. The molecule has 146 valence electrons. The zero-order valence-corrected chi connectivity index (χ0v) is 15.6. The molecule has 0 radical (unpaired) electrons. The van der Waals surface area contributed by atoms with Crippen molar-refractivity contribution in [2.24, 2.45) is 5.92 Å². The third-order valence-corrected chi connectivity index (χ3v) is 4.72. The van der Waals surface area contributed by atoms with Crippen LogP contribution in [0.15, 0.2) is 48.5 Å². The smallest absolute Gasteiger partial charge is 0.345 e. The highest BCUT2D eigenvalue weighted by atomic mass is 16.4. The Balaban J connectivity index is 2.02. The first kappa shape index (κ1) is 19.6. The maximum atomic E-state index is 12.8. The average Bonchev–Trinajstić information content (AvgIpc) is 2.76.